The molecule has 1 N–H and O–H groups in total. The van der Waals surface area contributed by atoms with E-state index in [-0.39, 0.29) is 0 Å². The molecular weight excluding hydrogens is 302 g/mol. The Hall–Kier alpha value is -0.350. The van der Waals surface area contributed by atoms with Gasteiger partial charge in [-0.25, -0.2) is 0 Å². The second kappa shape index (κ2) is 6.40. The van der Waals surface area contributed by atoms with Gasteiger partial charge >= 0.3 is 0 Å². The minimum atomic E-state index is 0.659. The van der Waals surface area contributed by atoms with Crippen LogP contribution < -0.4 is 5.32 Å². The molecule has 1 aliphatic rings. The maximum atomic E-state index is 4.66. The Labute approximate surface area is 125 Å². The van der Waals surface area contributed by atoms with Crippen molar-refractivity contribution in [2.24, 2.45) is 11.8 Å². The smallest absolute Gasteiger partial charge is 0.0767 e. The van der Waals surface area contributed by atoms with Crippen LogP contribution in [-0.2, 0) is 19.5 Å². The minimum Gasteiger partial charge on any atom is -0.308 e. The third-order valence-electron chi connectivity index (χ3n) is 4.69. The first-order valence-corrected chi connectivity index (χ1v) is 8.35. The molecule has 1 heterocycles. The summed E-state index contributed by atoms with van der Waals surface area (Å²) in [7, 11) is 0. The number of aryl methyl sites for hydroxylation is 2. The van der Waals surface area contributed by atoms with E-state index in [2.05, 4.69) is 58.7 Å². The van der Waals surface area contributed by atoms with Gasteiger partial charge < -0.3 is 5.32 Å². The van der Waals surface area contributed by atoms with Gasteiger partial charge in [-0.05, 0) is 54.0 Å². The van der Waals surface area contributed by atoms with Crippen LogP contribution in [0.2, 0.25) is 0 Å². The van der Waals surface area contributed by atoms with Crippen LogP contribution in [0.4, 0.5) is 0 Å². The summed E-state index contributed by atoms with van der Waals surface area (Å²) in [6.07, 6.45) is 3.64. The quantitative estimate of drug-likeness (QED) is 0.892. The highest BCUT2D eigenvalue weighted by Crippen LogP contribution is 2.31. The predicted molar refractivity (Wildman–Crippen MR) is 83.2 cm³/mol. The molecule has 0 amide bonds. The molecule has 0 bridgehead atoms. The van der Waals surface area contributed by atoms with Gasteiger partial charge in [0.15, 0.2) is 0 Å². The third kappa shape index (κ3) is 3.05. The van der Waals surface area contributed by atoms with Gasteiger partial charge in [0.2, 0.25) is 0 Å². The van der Waals surface area contributed by atoms with Crippen molar-refractivity contribution < 1.29 is 0 Å². The molecule has 19 heavy (non-hydrogen) atoms. The van der Waals surface area contributed by atoms with Crippen molar-refractivity contribution in [1.82, 2.24) is 15.1 Å². The lowest BCUT2D eigenvalue weighted by atomic mass is 9.98. The molecule has 0 saturated heterocycles. The highest BCUT2D eigenvalue weighted by Gasteiger charge is 2.29. The molecule has 1 saturated carbocycles. The van der Waals surface area contributed by atoms with Gasteiger partial charge in [0.1, 0.15) is 0 Å². The lowest BCUT2D eigenvalue weighted by molar-refractivity contribution is 0.365. The Morgan fingerprint density at radius 1 is 1.32 bits per heavy atom. The zero-order valence-corrected chi connectivity index (χ0v) is 14.1. The molecule has 0 spiro atoms. The van der Waals surface area contributed by atoms with E-state index >= 15 is 0 Å². The molecule has 3 nitrogen and oxygen atoms in total. The van der Waals surface area contributed by atoms with E-state index < -0.39 is 0 Å². The third-order valence-corrected chi connectivity index (χ3v) is 5.61. The second-order valence-corrected chi connectivity index (χ2v) is 6.57. The summed E-state index contributed by atoms with van der Waals surface area (Å²) in [5, 5.41) is 8.40. The summed E-state index contributed by atoms with van der Waals surface area (Å²) in [6.45, 7) is 10.9. The van der Waals surface area contributed by atoms with Crippen molar-refractivity contribution in [1.29, 1.82) is 0 Å². The largest absolute Gasteiger partial charge is 0.308 e. The normalized spacial score (nSPS) is 27.1. The number of halogens is 1. The van der Waals surface area contributed by atoms with Crippen LogP contribution >= 0.6 is 15.9 Å². The molecule has 108 valence electrons. The molecule has 3 unspecified atom stereocenters. The Morgan fingerprint density at radius 3 is 2.58 bits per heavy atom. The van der Waals surface area contributed by atoms with Crippen molar-refractivity contribution in [3.8, 4) is 0 Å². The molecule has 4 heteroatoms. The Bertz CT molecular complexity index is 427. The van der Waals surface area contributed by atoms with Crippen LogP contribution in [0, 0.1) is 11.8 Å². The Balaban J connectivity index is 2.05. The van der Waals surface area contributed by atoms with Crippen molar-refractivity contribution in [3.05, 3.63) is 15.9 Å². The lowest BCUT2D eigenvalue weighted by Crippen LogP contribution is -2.32. The number of nitrogens with one attached hydrogen (secondary N) is 1. The SMILES string of the molecule is CCc1nn(CC)c(CNC2CCC(C)C2C)c1Br. The van der Waals surface area contributed by atoms with Crippen LogP contribution in [0.25, 0.3) is 0 Å². The van der Waals surface area contributed by atoms with Crippen LogP contribution in [0.3, 0.4) is 0 Å². The Kier molecular flexibility index (Phi) is 5.07. The zero-order valence-electron chi connectivity index (χ0n) is 12.5. The summed E-state index contributed by atoms with van der Waals surface area (Å²) >= 11 is 3.72. The van der Waals surface area contributed by atoms with Crippen molar-refractivity contribution in [3.63, 3.8) is 0 Å². The van der Waals surface area contributed by atoms with E-state index in [1.165, 1.54) is 28.7 Å². The van der Waals surface area contributed by atoms with E-state index in [0.29, 0.717) is 6.04 Å². The standard InChI is InChI=1S/C15H26BrN3/c1-5-12-15(16)14(19(6-2)18-12)9-17-13-8-7-10(3)11(13)4/h10-11,13,17H,5-9H2,1-4H3. The van der Waals surface area contributed by atoms with Gasteiger partial charge in [0.05, 0.1) is 15.9 Å². The molecule has 0 radical (unpaired) electrons. The average molecular weight is 328 g/mol. The predicted octanol–water partition coefficient (Wildman–Crippen LogP) is 3.75. The molecule has 1 aliphatic carbocycles. The van der Waals surface area contributed by atoms with Crippen LogP contribution in [0.5, 0.6) is 0 Å². The summed E-state index contributed by atoms with van der Waals surface area (Å²) in [5.41, 5.74) is 2.47. The number of aromatic nitrogens is 2. The first-order valence-electron chi connectivity index (χ1n) is 7.55. The fraction of sp³-hybridized carbons (Fsp3) is 0.800. The number of nitrogens with zero attached hydrogens (tertiary/aromatic N) is 2. The van der Waals surface area contributed by atoms with Gasteiger partial charge in [-0.3, -0.25) is 4.68 Å². The second-order valence-electron chi connectivity index (χ2n) is 5.78. The average Bonchev–Trinajstić information content (AvgIpc) is 2.89. The molecular formula is C15H26BrN3. The van der Waals surface area contributed by atoms with Crippen molar-refractivity contribution >= 4 is 15.9 Å². The van der Waals surface area contributed by atoms with Gasteiger partial charge in [-0.15, -0.1) is 0 Å². The van der Waals surface area contributed by atoms with Crippen LogP contribution in [0.15, 0.2) is 4.47 Å². The summed E-state index contributed by atoms with van der Waals surface area (Å²) in [4.78, 5) is 0. The lowest BCUT2D eigenvalue weighted by Gasteiger charge is -2.20. The zero-order chi connectivity index (χ0) is 14.0. The molecule has 0 aromatic carbocycles. The molecule has 1 aromatic rings. The van der Waals surface area contributed by atoms with Crippen LogP contribution in [-0.4, -0.2) is 15.8 Å². The van der Waals surface area contributed by atoms with Gasteiger partial charge in [-0.1, -0.05) is 20.8 Å². The highest BCUT2D eigenvalue weighted by atomic mass is 79.9. The number of rotatable bonds is 5. The maximum Gasteiger partial charge on any atom is 0.0767 e. The Morgan fingerprint density at radius 2 is 2.05 bits per heavy atom. The van der Waals surface area contributed by atoms with E-state index in [4.69, 9.17) is 0 Å². The monoisotopic (exact) mass is 327 g/mol. The van der Waals surface area contributed by atoms with E-state index in [1.54, 1.807) is 0 Å². The van der Waals surface area contributed by atoms with Crippen molar-refractivity contribution in [2.75, 3.05) is 0 Å². The fourth-order valence-electron chi connectivity index (χ4n) is 3.07. The molecule has 0 aliphatic heterocycles. The van der Waals surface area contributed by atoms with Gasteiger partial charge in [0, 0.05) is 19.1 Å². The first-order chi connectivity index (χ1) is 9.08. The van der Waals surface area contributed by atoms with E-state index in [9.17, 15) is 0 Å². The maximum absolute atomic E-state index is 4.66. The summed E-state index contributed by atoms with van der Waals surface area (Å²) < 4.78 is 3.32. The number of hydrogen-bond donors (Lipinski definition) is 1. The minimum absolute atomic E-state index is 0.659. The highest BCUT2D eigenvalue weighted by molar-refractivity contribution is 9.10. The summed E-state index contributed by atoms with van der Waals surface area (Å²) in [6, 6.07) is 0.659. The van der Waals surface area contributed by atoms with Crippen molar-refractivity contribution in [2.45, 2.75) is 66.1 Å². The van der Waals surface area contributed by atoms with E-state index in [0.717, 1.165) is 31.3 Å². The summed E-state index contributed by atoms with van der Waals surface area (Å²) in [5.74, 6) is 1.63. The molecule has 3 atom stereocenters. The van der Waals surface area contributed by atoms with Crippen LogP contribution in [0.1, 0.15) is 51.9 Å². The van der Waals surface area contributed by atoms with Gasteiger partial charge in [0.25, 0.3) is 0 Å². The molecule has 1 aromatic heterocycles. The fourth-order valence-corrected chi connectivity index (χ4v) is 3.77. The number of hydrogen-bond acceptors (Lipinski definition) is 2. The van der Waals surface area contributed by atoms with Gasteiger partial charge in [-0.2, -0.15) is 5.10 Å². The topological polar surface area (TPSA) is 29.9 Å². The van der Waals surface area contributed by atoms with E-state index in [1.807, 2.05) is 0 Å². The molecule has 1 fully saturated rings. The molecule has 2 rings (SSSR count). The first kappa shape index (κ1) is 15.0.